The maximum Gasteiger partial charge on any atom is 0.308 e. The van der Waals surface area contributed by atoms with Crippen LogP contribution in [0.4, 0.5) is 0 Å². The van der Waals surface area contributed by atoms with Crippen molar-refractivity contribution in [2.24, 2.45) is 11.8 Å². The molecule has 1 saturated carbocycles. The number of rotatable bonds is 6. The molecule has 0 unspecified atom stereocenters. The highest BCUT2D eigenvalue weighted by atomic mass is 16.5. The van der Waals surface area contributed by atoms with Crippen LogP contribution in [-0.4, -0.2) is 25.8 Å². The molecule has 1 aliphatic carbocycles. The topological polar surface area (TPSA) is 35.5 Å². The predicted octanol–water partition coefficient (Wildman–Crippen LogP) is 3.17. The molecule has 1 rings (SSSR count). The van der Waals surface area contributed by atoms with Gasteiger partial charge in [0, 0.05) is 6.61 Å². The molecule has 0 heterocycles. The van der Waals surface area contributed by atoms with Crippen molar-refractivity contribution in [2.75, 3.05) is 13.7 Å². The van der Waals surface area contributed by atoms with Crippen molar-refractivity contribution in [1.82, 2.24) is 0 Å². The molecule has 0 radical (unpaired) electrons. The molecule has 0 N–H and O–H groups in total. The standard InChI is InChI=1S/C14H26O3/c1-11(2)5-4-10-17-13-8-6-12(7-9-13)14(15)16-3/h11-13H,4-10H2,1-3H3. The summed E-state index contributed by atoms with van der Waals surface area (Å²) < 4.78 is 10.6. The molecule has 1 aliphatic rings. The van der Waals surface area contributed by atoms with Gasteiger partial charge in [0.2, 0.25) is 0 Å². The Kier molecular flexibility index (Phi) is 6.56. The van der Waals surface area contributed by atoms with Crippen LogP contribution in [-0.2, 0) is 14.3 Å². The van der Waals surface area contributed by atoms with E-state index >= 15 is 0 Å². The summed E-state index contributed by atoms with van der Waals surface area (Å²) in [6.07, 6.45) is 6.58. The molecule has 3 nitrogen and oxygen atoms in total. The van der Waals surface area contributed by atoms with Crippen LogP contribution in [0.3, 0.4) is 0 Å². The summed E-state index contributed by atoms with van der Waals surface area (Å²) in [4.78, 5) is 11.3. The van der Waals surface area contributed by atoms with E-state index in [1.807, 2.05) is 0 Å². The summed E-state index contributed by atoms with van der Waals surface area (Å²) in [6.45, 7) is 5.34. The van der Waals surface area contributed by atoms with E-state index in [0.29, 0.717) is 6.10 Å². The van der Waals surface area contributed by atoms with E-state index in [4.69, 9.17) is 9.47 Å². The van der Waals surface area contributed by atoms with Crippen LogP contribution in [0.15, 0.2) is 0 Å². The van der Waals surface area contributed by atoms with Gasteiger partial charge in [-0.25, -0.2) is 0 Å². The molecule has 3 heteroatoms. The Hall–Kier alpha value is -0.570. The second kappa shape index (κ2) is 7.70. The van der Waals surface area contributed by atoms with Crippen molar-refractivity contribution in [1.29, 1.82) is 0 Å². The first-order valence-corrected chi connectivity index (χ1v) is 6.83. The Morgan fingerprint density at radius 2 is 1.88 bits per heavy atom. The van der Waals surface area contributed by atoms with E-state index in [1.165, 1.54) is 13.5 Å². The Morgan fingerprint density at radius 1 is 1.24 bits per heavy atom. The Bertz CT molecular complexity index is 218. The van der Waals surface area contributed by atoms with Crippen LogP contribution in [0.1, 0.15) is 52.4 Å². The SMILES string of the molecule is COC(=O)C1CCC(OCCCC(C)C)CC1. The van der Waals surface area contributed by atoms with E-state index in [2.05, 4.69) is 13.8 Å². The first kappa shape index (κ1) is 14.5. The van der Waals surface area contributed by atoms with Crippen LogP contribution < -0.4 is 0 Å². The molecule has 0 bridgehead atoms. The average molecular weight is 242 g/mol. The van der Waals surface area contributed by atoms with Gasteiger partial charge >= 0.3 is 5.97 Å². The number of esters is 1. The van der Waals surface area contributed by atoms with E-state index in [-0.39, 0.29) is 11.9 Å². The van der Waals surface area contributed by atoms with Gasteiger partial charge in [0.25, 0.3) is 0 Å². The van der Waals surface area contributed by atoms with Gasteiger partial charge in [-0.05, 0) is 44.4 Å². The zero-order valence-electron chi connectivity index (χ0n) is 11.4. The molecule has 0 aromatic rings. The summed E-state index contributed by atoms with van der Waals surface area (Å²) in [5.41, 5.74) is 0. The molecule has 0 aliphatic heterocycles. The van der Waals surface area contributed by atoms with Crippen molar-refractivity contribution in [3.63, 3.8) is 0 Å². The van der Waals surface area contributed by atoms with Crippen molar-refractivity contribution >= 4 is 5.97 Å². The number of carbonyl (C=O) groups excluding carboxylic acids is 1. The van der Waals surface area contributed by atoms with Gasteiger partial charge in [-0.15, -0.1) is 0 Å². The van der Waals surface area contributed by atoms with Gasteiger partial charge in [-0.3, -0.25) is 4.79 Å². The number of hydrogen-bond donors (Lipinski definition) is 0. The van der Waals surface area contributed by atoms with Crippen LogP contribution in [0.5, 0.6) is 0 Å². The summed E-state index contributed by atoms with van der Waals surface area (Å²) in [7, 11) is 1.47. The van der Waals surface area contributed by atoms with Crippen molar-refractivity contribution in [3.05, 3.63) is 0 Å². The minimum Gasteiger partial charge on any atom is -0.469 e. The first-order chi connectivity index (χ1) is 8.13. The number of carbonyl (C=O) groups is 1. The smallest absolute Gasteiger partial charge is 0.308 e. The molecule has 1 fully saturated rings. The first-order valence-electron chi connectivity index (χ1n) is 6.83. The van der Waals surface area contributed by atoms with E-state index < -0.39 is 0 Å². The number of methoxy groups -OCH3 is 1. The Labute approximate surface area is 105 Å². The highest BCUT2D eigenvalue weighted by Crippen LogP contribution is 2.27. The van der Waals surface area contributed by atoms with Gasteiger partial charge in [0.1, 0.15) is 0 Å². The van der Waals surface area contributed by atoms with Crippen LogP contribution in [0.2, 0.25) is 0 Å². The lowest BCUT2D eigenvalue weighted by molar-refractivity contribution is -0.147. The maximum absolute atomic E-state index is 11.3. The minimum atomic E-state index is -0.0525. The third-order valence-corrected chi connectivity index (χ3v) is 3.49. The lowest BCUT2D eigenvalue weighted by Crippen LogP contribution is -2.27. The molecular weight excluding hydrogens is 216 g/mol. The molecule has 0 amide bonds. The molecule has 0 aromatic carbocycles. The zero-order chi connectivity index (χ0) is 12.7. The van der Waals surface area contributed by atoms with Crippen molar-refractivity contribution in [3.8, 4) is 0 Å². The normalized spacial score (nSPS) is 24.9. The van der Waals surface area contributed by atoms with Gasteiger partial charge in [0.05, 0.1) is 19.1 Å². The minimum absolute atomic E-state index is 0.0525. The largest absolute Gasteiger partial charge is 0.469 e. The molecule has 0 saturated heterocycles. The fourth-order valence-corrected chi connectivity index (χ4v) is 2.37. The summed E-state index contributed by atoms with van der Waals surface area (Å²) in [5, 5.41) is 0. The van der Waals surface area contributed by atoms with Crippen molar-refractivity contribution in [2.45, 2.75) is 58.5 Å². The lowest BCUT2D eigenvalue weighted by Gasteiger charge is -2.27. The average Bonchev–Trinajstić information content (AvgIpc) is 2.34. The van der Waals surface area contributed by atoms with Crippen LogP contribution in [0, 0.1) is 11.8 Å². The Balaban J connectivity index is 2.09. The number of hydrogen-bond acceptors (Lipinski definition) is 3. The molecule has 0 aromatic heterocycles. The zero-order valence-corrected chi connectivity index (χ0v) is 11.4. The van der Waals surface area contributed by atoms with Gasteiger partial charge in [-0.2, -0.15) is 0 Å². The molecule has 0 spiro atoms. The fraction of sp³-hybridized carbons (Fsp3) is 0.929. The summed E-state index contributed by atoms with van der Waals surface area (Å²) >= 11 is 0. The Morgan fingerprint density at radius 3 is 2.41 bits per heavy atom. The monoisotopic (exact) mass is 242 g/mol. The molecular formula is C14H26O3. The van der Waals surface area contributed by atoms with E-state index in [1.54, 1.807) is 0 Å². The van der Waals surface area contributed by atoms with Gasteiger partial charge < -0.3 is 9.47 Å². The third kappa shape index (κ3) is 5.53. The van der Waals surface area contributed by atoms with E-state index in [9.17, 15) is 4.79 Å². The van der Waals surface area contributed by atoms with Crippen LogP contribution in [0.25, 0.3) is 0 Å². The second-order valence-corrected chi connectivity index (χ2v) is 5.40. The highest BCUT2D eigenvalue weighted by molar-refractivity contribution is 5.72. The van der Waals surface area contributed by atoms with Gasteiger partial charge in [0.15, 0.2) is 0 Å². The third-order valence-electron chi connectivity index (χ3n) is 3.49. The summed E-state index contributed by atoms with van der Waals surface area (Å²) in [5.74, 6) is 0.812. The highest BCUT2D eigenvalue weighted by Gasteiger charge is 2.26. The maximum atomic E-state index is 11.3. The molecule has 100 valence electrons. The number of ether oxygens (including phenoxy) is 2. The quantitative estimate of drug-likeness (QED) is 0.530. The van der Waals surface area contributed by atoms with Crippen molar-refractivity contribution < 1.29 is 14.3 Å². The van der Waals surface area contributed by atoms with Gasteiger partial charge in [-0.1, -0.05) is 13.8 Å². The summed E-state index contributed by atoms with van der Waals surface area (Å²) in [6, 6.07) is 0. The second-order valence-electron chi connectivity index (χ2n) is 5.40. The fourth-order valence-electron chi connectivity index (χ4n) is 2.37. The van der Waals surface area contributed by atoms with Crippen LogP contribution >= 0.6 is 0 Å². The lowest BCUT2D eigenvalue weighted by atomic mass is 9.87. The van der Waals surface area contributed by atoms with E-state index in [0.717, 1.165) is 44.6 Å². The molecule has 17 heavy (non-hydrogen) atoms. The predicted molar refractivity (Wildman–Crippen MR) is 67.8 cm³/mol. The molecule has 0 atom stereocenters.